The number of carbonyl (C=O) groups is 3. The second-order valence-electron chi connectivity index (χ2n) is 5.80. The second-order valence-corrected chi connectivity index (χ2v) is 5.80. The predicted molar refractivity (Wildman–Crippen MR) is 77.9 cm³/mol. The zero-order valence-electron chi connectivity index (χ0n) is 12.8. The van der Waals surface area contributed by atoms with Crippen molar-refractivity contribution >= 4 is 17.9 Å². The predicted octanol–water partition coefficient (Wildman–Crippen LogP) is 0.799. The number of hydrogen-bond donors (Lipinski definition) is 3. The Labute approximate surface area is 125 Å². The minimum atomic E-state index is -0.790. The molecule has 120 valence electrons. The van der Waals surface area contributed by atoms with Gasteiger partial charge in [-0.25, -0.2) is 4.79 Å². The molecule has 0 aromatic carbocycles. The molecule has 1 rings (SSSR count). The van der Waals surface area contributed by atoms with Gasteiger partial charge in [0.25, 0.3) is 0 Å². The van der Waals surface area contributed by atoms with Crippen molar-refractivity contribution in [2.24, 2.45) is 5.41 Å². The number of nitrogens with zero attached hydrogens (tertiary/aromatic N) is 1. The van der Waals surface area contributed by atoms with Gasteiger partial charge >= 0.3 is 12.0 Å². The van der Waals surface area contributed by atoms with Gasteiger partial charge in [0.05, 0.1) is 12.0 Å². The van der Waals surface area contributed by atoms with Crippen molar-refractivity contribution in [2.45, 2.75) is 39.5 Å². The van der Waals surface area contributed by atoms with Crippen molar-refractivity contribution in [2.75, 3.05) is 26.2 Å². The smallest absolute Gasteiger partial charge is 0.321 e. The van der Waals surface area contributed by atoms with Gasteiger partial charge in [-0.15, -0.1) is 0 Å². The van der Waals surface area contributed by atoms with E-state index >= 15 is 0 Å². The minimum absolute atomic E-state index is 0.122. The van der Waals surface area contributed by atoms with E-state index in [2.05, 4.69) is 10.6 Å². The van der Waals surface area contributed by atoms with Crippen molar-refractivity contribution in [3.63, 3.8) is 0 Å². The van der Waals surface area contributed by atoms with Crippen LogP contribution in [0.5, 0.6) is 0 Å². The Kier molecular flexibility index (Phi) is 6.61. The van der Waals surface area contributed by atoms with Crippen LogP contribution in [-0.2, 0) is 9.59 Å². The molecule has 0 unspecified atom stereocenters. The zero-order valence-corrected chi connectivity index (χ0v) is 12.8. The highest BCUT2D eigenvalue weighted by Gasteiger charge is 2.37. The standard InChI is InChI=1S/C14H25N3O4/c1-3-4-7-15-13(21)16-11(18)10-17-8-5-14(2,6-9-17)12(19)20/h3-10H2,1-2H3,(H,19,20)(H2,15,16,18,21). The van der Waals surface area contributed by atoms with E-state index in [1.165, 1.54) is 0 Å². The minimum Gasteiger partial charge on any atom is -0.481 e. The molecule has 1 saturated heterocycles. The number of amides is 3. The normalized spacial score (nSPS) is 18.0. The number of urea groups is 1. The van der Waals surface area contributed by atoms with Crippen LogP contribution in [0, 0.1) is 5.41 Å². The average Bonchev–Trinajstić information content (AvgIpc) is 2.41. The molecule has 3 N–H and O–H groups in total. The quantitative estimate of drug-likeness (QED) is 0.630. The van der Waals surface area contributed by atoms with E-state index in [4.69, 9.17) is 5.11 Å². The molecule has 7 nitrogen and oxygen atoms in total. The molecule has 1 aliphatic rings. The summed E-state index contributed by atoms with van der Waals surface area (Å²) in [5, 5.41) is 14.0. The van der Waals surface area contributed by atoms with Gasteiger partial charge in [-0.2, -0.15) is 0 Å². The van der Waals surface area contributed by atoms with Crippen molar-refractivity contribution in [3.05, 3.63) is 0 Å². The fourth-order valence-corrected chi connectivity index (χ4v) is 2.21. The fourth-order valence-electron chi connectivity index (χ4n) is 2.21. The molecule has 1 heterocycles. The number of unbranched alkanes of at least 4 members (excludes halogenated alkanes) is 1. The number of rotatable bonds is 6. The van der Waals surface area contributed by atoms with Crippen LogP contribution in [0.1, 0.15) is 39.5 Å². The number of aliphatic carboxylic acids is 1. The number of likely N-dealkylation sites (tertiary alicyclic amines) is 1. The molecule has 0 bridgehead atoms. The molecule has 0 radical (unpaired) electrons. The zero-order chi connectivity index (χ0) is 15.9. The number of carboxylic acids is 1. The van der Waals surface area contributed by atoms with Crippen LogP contribution >= 0.6 is 0 Å². The summed E-state index contributed by atoms with van der Waals surface area (Å²) in [7, 11) is 0. The van der Waals surface area contributed by atoms with Crippen LogP contribution in [0.2, 0.25) is 0 Å². The lowest BCUT2D eigenvalue weighted by Crippen LogP contribution is -2.48. The Balaban J connectivity index is 2.27. The molecule has 21 heavy (non-hydrogen) atoms. The highest BCUT2D eigenvalue weighted by atomic mass is 16.4. The molecule has 0 aromatic heterocycles. The molecule has 0 aromatic rings. The van der Waals surface area contributed by atoms with E-state index in [1.807, 2.05) is 11.8 Å². The fraction of sp³-hybridized carbons (Fsp3) is 0.786. The van der Waals surface area contributed by atoms with Crippen LogP contribution in [0.15, 0.2) is 0 Å². The molecule has 0 aliphatic carbocycles. The maximum atomic E-state index is 11.7. The Bertz CT molecular complexity index is 390. The molecule has 0 spiro atoms. The first-order chi connectivity index (χ1) is 9.87. The van der Waals surface area contributed by atoms with E-state index in [9.17, 15) is 14.4 Å². The third kappa shape index (κ3) is 5.71. The third-order valence-corrected chi connectivity index (χ3v) is 3.91. The van der Waals surface area contributed by atoms with Crippen molar-refractivity contribution < 1.29 is 19.5 Å². The van der Waals surface area contributed by atoms with Crippen LogP contribution in [0.4, 0.5) is 4.79 Å². The number of carboxylic acid groups (broad SMARTS) is 1. The Morgan fingerprint density at radius 1 is 1.24 bits per heavy atom. The molecule has 7 heteroatoms. The van der Waals surface area contributed by atoms with Gasteiger partial charge in [-0.3, -0.25) is 19.8 Å². The summed E-state index contributed by atoms with van der Waals surface area (Å²) in [5.41, 5.74) is -0.704. The van der Waals surface area contributed by atoms with Crippen LogP contribution < -0.4 is 10.6 Å². The highest BCUT2D eigenvalue weighted by molar-refractivity contribution is 5.95. The van der Waals surface area contributed by atoms with Crippen molar-refractivity contribution in [1.29, 1.82) is 0 Å². The molecule has 0 saturated carbocycles. The van der Waals surface area contributed by atoms with Gasteiger partial charge in [0, 0.05) is 6.54 Å². The molecule has 3 amide bonds. The number of nitrogens with one attached hydrogen (secondary N) is 2. The molecular formula is C14H25N3O4. The Morgan fingerprint density at radius 2 is 1.86 bits per heavy atom. The monoisotopic (exact) mass is 299 g/mol. The molecule has 1 fully saturated rings. The van der Waals surface area contributed by atoms with Crippen molar-refractivity contribution in [3.8, 4) is 0 Å². The summed E-state index contributed by atoms with van der Waals surface area (Å²) in [6, 6.07) is -0.471. The summed E-state index contributed by atoms with van der Waals surface area (Å²) in [6.07, 6.45) is 2.88. The van der Waals surface area contributed by atoms with Gasteiger partial charge < -0.3 is 10.4 Å². The van der Waals surface area contributed by atoms with E-state index in [0.29, 0.717) is 32.5 Å². The number of carbonyl (C=O) groups excluding carboxylic acids is 2. The largest absolute Gasteiger partial charge is 0.481 e. The first-order valence-electron chi connectivity index (χ1n) is 7.41. The van der Waals surface area contributed by atoms with Gasteiger partial charge in [-0.05, 0) is 39.3 Å². The SMILES string of the molecule is CCCCNC(=O)NC(=O)CN1CCC(C)(C(=O)O)CC1. The third-order valence-electron chi connectivity index (χ3n) is 3.91. The van der Waals surface area contributed by atoms with Gasteiger partial charge in [0.1, 0.15) is 0 Å². The van der Waals surface area contributed by atoms with E-state index in [-0.39, 0.29) is 12.5 Å². The average molecular weight is 299 g/mol. The topological polar surface area (TPSA) is 98.7 Å². The summed E-state index contributed by atoms with van der Waals surface area (Å²) in [6.45, 7) is 5.52. The lowest BCUT2D eigenvalue weighted by Gasteiger charge is -2.35. The van der Waals surface area contributed by atoms with Gasteiger partial charge in [-0.1, -0.05) is 13.3 Å². The summed E-state index contributed by atoms with van der Waals surface area (Å²) < 4.78 is 0. The maximum absolute atomic E-state index is 11.7. The lowest BCUT2D eigenvalue weighted by molar-refractivity contribution is -0.150. The van der Waals surface area contributed by atoms with Gasteiger partial charge in [0.2, 0.25) is 5.91 Å². The highest BCUT2D eigenvalue weighted by Crippen LogP contribution is 2.30. The molecule has 1 aliphatic heterocycles. The second kappa shape index (κ2) is 7.97. The lowest BCUT2D eigenvalue weighted by atomic mass is 9.80. The van der Waals surface area contributed by atoms with Gasteiger partial charge in [0.15, 0.2) is 0 Å². The van der Waals surface area contributed by atoms with E-state index < -0.39 is 17.4 Å². The van der Waals surface area contributed by atoms with Crippen LogP contribution in [0.3, 0.4) is 0 Å². The summed E-state index contributed by atoms with van der Waals surface area (Å²) in [5.74, 6) is -1.15. The summed E-state index contributed by atoms with van der Waals surface area (Å²) in [4.78, 5) is 36.1. The molecular weight excluding hydrogens is 274 g/mol. The van der Waals surface area contributed by atoms with Crippen LogP contribution in [-0.4, -0.2) is 54.1 Å². The van der Waals surface area contributed by atoms with E-state index in [1.54, 1.807) is 6.92 Å². The summed E-state index contributed by atoms with van der Waals surface area (Å²) >= 11 is 0. The Hall–Kier alpha value is -1.63. The van der Waals surface area contributed by atoms with Crippen LogP contribution in [0.25, 0.3) is 0 Å². The van der Waals surface area contributed by atoms with E-state index in [0.717, 1.165) is 12.8 Å². The first-order valence-corrected chi connectivity index (χ1v) is 7.41. The number of hydrogen-bond acceptors (Lipinski definition) is 4. The molecule has 0 atom stereocenters. The number of piperidine rings is 1. The maximum Gasteiger partial charge on any atom is 0.321 e. The Morgan fingerprint density at radius 3 is 2.38 bits per heavy atom. The van der Waals surface area contributed by atoms with Crippen molar-refractivity contribution in [1.82, 2.24) is 15.5 Å². The first kappa shape index (κ1) is 17.4. The number of imide groups is 1.